The van der Waals surface area contributed by atoms with Gasteiger partial charge in [0.1, 0.15) is 11.5 Å². The summed E-state index contributed by atoms with van der Waals surface area (Å²) in [5, 5.41) is 24.2. The van der Waals surface area contributed by atoms with Crippen LogP contribution in [0, 0.1) is 20.2 Å². The molecule has 12 aromatic carbocycles. The first-order chi connectivity index (χ1) is 42.7. The first-order valence-electron chi connectivity index (χ1n) is 28.4. The Kier molecular flexibility index (Phi) is 14.7. The summed E-state index contributed by atoms with van der Waals surface area (Å²) in [7, 11) is 3.27. The quantitative estimate of drug-likeness (QED) is 0.0607. The molecule has 1 aliphatic rings. The molecular formula is C75H56N6O6. The maximum atomic E-state index is 12.1. The van der Waals surface area contributed by atoms with Crippen molar-refractivity contribution in [2.45, 2.75) is 5.41 Å². The van der Waals surface area contributed by atoms with Crippen molar-refractivity contribution in [3.05, 3.63) is 346 Å². The van der Waals surface area contributed by atoms with Crippen LogP contribution < -0.4 is 29.1 Å². The van der Waals surface area contributed by atoms with Crippen molar-refractivity contribution in [3.8, 4) is 22.6 Å². The Bertz CT molecular complexity index is 4020. The van der Waals surface area contributed by atoms with Gasteiger partial charge in [-0.15, -0.1) is 0 Å². The highest BCUT2D eigenvalue weighted by Crippen LogP contribution is 2.59. The molecular weight excluding hydrogens is 1080 g/mol. The predicted molar refractivity (Wildman–Crippen MR) is 349 cm³/mol. The largest absolute Gasteiger partial charge is 0.497 e. The van der Waals surface area contributed by atoms with Crippen molar-refractivity contribution in [3.63, 3.8) is 0 Å². The van der Waals surface area contributed by atoms with Crippen molar-refractivity contribution < 1.29 is 19.3 Å². The molecule has 12 heteroatoms. The molecule has 13 rings (SSSR count). The lowest BCUT2D eigenvalue weighted by molar-refractivity contribution is -0.385. The molecule has 0 bridgehead atoms. The van der Waals surface area contributed by atoms with Gasteiger partial charge in [-0.3, -0.25) is 20.2 Å². The monoisotopic (exact) mass is 1140 g/mol. The van der Waals surface area contributed by atoms with E-state index in [0.29, 0.717) is 22.9 Å². The second kappa shape index (κ2) is 23.5. The molecule has 0 saturated heterocycles. The molecule has 0 radical (unpaired) electrons. The van der Waals surface area contributed by atoms with Crippen LogP contribution in [0.2, 0.25) is 0 Å². The number of ether oxygens (including phenoxy) is 2. The predicted octanol–water partition coefficient (Wildman–Crippen LogP) is 19.8. The van der Waals surface area contributed by atoms with E-state index in [1.54, 1.807) is 38.5 Å². The fourth-order valence-electron chi connectivity index (χ4n) is 12.1. The van der Waals surface area contributed by atoms with E-state index in [2.05, 4.69) is 202 Å². The zero-order chi connectivity index (χ0) is 59.4. The first-order valence-corrected chi connectivity index (χ1v) is 28.4. The maximum absolute atomic E-state index is 12.1. The van der Waals surface area contributed by atoms with Crippen LogP contribution in [-0.2, 0) is 5.41 Å². The number of benzene rings is 12. The van der Waals surface area contributed by atoms with Crippen LogP contribution in [0.15, 0.2) is 303 Å². The van der Waals surface area contributed by atoms with Crippen molar-refractivity contribution in [2.75, 3.05) is 33.8 Å². The van der Waals surface area contributed by atoms with Crippen molar-refractivity contribution in [1.29, 1.82) is 0 Å². The van der Waals surface area contributed by atoms with E-state index in [1.165, 1.54) is 24.3 Å². The molecule has 1 aliphatic carbocycles. The number of hydrogen-bond acceptors (Lipinski definition) is 10. The van der Waals surface area contributed by atoms with Gasteiger partial charge < -0.3 is 29.1 Å². The van der Waals surface area contributed by atoms with Crippen LogP contribution in [0.3, 0.4) is 0 Å². The average molecular weight is 1140 g/mol. The zero-order valence-corrected chi connectivity index (χ0v) is 47.5. The number of fused-ring (bicyclic) bond motifs is 3. The molecule has 0 unspecified atom stereocenters. The molecule has 0 aromatic heterocycles. The number of anilines is 12. The van der Waals surface area contributed by atoms with Gasteiger partial charge in [0.05, 0.1) is 29.5 Å². The van der Waals surface area contributed by atoms with Crippen LogP contribution >= 0.6 is 0 Å². The topological polar surface area (TPSA) is 118 Å². The molecule has 422 valence electrons. The Hall–Kier alpha value is -11.8. The van der Waals surface area contributed by atoms with Crippen molar-refractivity contribution in [2.24, 2.45) is 0 Å². The highest BCUT2D eigenvalue weighted by molar-refractivity contribution is 5.93. The standard InChI is InChI=1S/C75H56N6O6/c1-86-69-45-39-63(40-46-69)78(61-31-35-65(36-32-61)80(82)83)67-43-49-71-72-50-44-68(79(64-41-47-70(87-2)48-42-64)62-33-37-66(38-34-62)81(84)85)52-74(72)75(73(71)51-67,53-23-27-59(28-24-53)76(55-15-7-3-8-16-55)56-17-9-4-10-18-56)54-25-29-60(30-26-54)77(57-19-11-5-12-20-57)58-21-13-6-14-22-58/h3-52H,1-2H3. The molecule has 0 amide bonds. The van der Waals surface area contributed by atoms with Gasteiger partial charge in [-0.2, -0.15) is 0 Å². The Morgan fingerprint density at radius 2 is 0.517 bits per heavy atom. The van der Waals surface area contributed by atoms with Crippen LogP contribution in [0.4, 0.5) is 79.6 Å². The summed E-state index contributed by atoms with van der Waals surface area (Å²) < 4.78 is 11.3. The molecule has 87 heavy (non-hydrogen) atoms. The zero-order valence-electron chi connectivity index (χ0n) is 47.5. The highest BCUT2D eigenvalue weighted by atomic mass is 16.6. The lowest BCUT2D eigenvalue weighted by Crippen LogP contribution is -2.29. The SMILES string of the molecule is COc1ccc(N(c2ccc([N+](=O)[O-])cc2)c2ccc3c(c2)C(c2ccc(N(c4ccccc4)c4ccccc4)cc2)(c2ccc(N(c4ccccc4)c4ccccc4)cc2)c2cc(N(c4ccc(OC)cc4)c4ccc([N+](=O)[O-])cc4)ccc2-3)cc1. The Morgan fingerprint density at radius 3 is 0.782 bits per heavy atom. The molecule has 0 N–H and O–H groups in total. The minimum Gasteiger partial charge on any atom is -0.497 e. The summed E-state index contributed by atoms with van der Waals surface area (Å²) in [5.41, 5.74) is 15.4. The number of rotatable bonds is 18. The summed E-state index contributed by atoms with van der Waals surface area (Å²) in [6.07, 6.45) is 0. The molecule has 0 fully saturated rings. The fourth-order valence-corrected chi connectivity index (χ4v) is 12.1. The third kappa shape index (κ3) is 10.3. The number of para-hydroxylation sites is 4. The second-order valence-electron chi connectivity index (χ2n) is 20.9. The average Bonchev–Trinajstić information content (AvgIpc) is 1.56. The summed E-state index contributed by atoms with van der Waals surface area (Å²) in [4.78, 5) is 32.2. The second-order valence-corrected chi connectivity index (χ2v) is 20.9. The number of non-ortho nitro benzene ring substituents is 2. The summed E-state index contributed by atoms with van der Waals surface area (Å²) in [6.45, 7) is 0. The van der Waals surface area contributed by atoms with Gasteiger partial charge in [0.15, 0.2) is 0 Å². The molecule has 0 aliphatic heterocycles. The Morgan fingerprint density at radius 1 is 0.287 bits per heavy atom. The van der Waals surface area contributed by atoms with E-state index >= 15 is 0 Å². The third-order valence-electron chi connectivity index (χ3n) is 16.1. The minimum atomic E-state index is -1.06. The number of nitro groups is 2. The molecule has 0 spiro atoms. The van der Waals surface area contributed by atoms with Gasteiger partial charge >= 0.3 is 0 Å². The maximum Gasteiger partial charge on any atom is 0.269 e. The summed E-state index contributed by atoms with van der Waals surface area (Å²) in [5.74, 6) is 1.37. The number of hydrogen-bond donors (Lipinski definition) is 0. The molecule has 0 saturated carbocycles. The van der Waals surface area contributed by atoms with Gasteiger partial charge in [-0.05, 0) is 203 Å². The molecule has 12 nitrogen and oxygen atoms in total. The van der Waals surface area contributed by atoms with Gasteiger partial charge in [0.2, 0.25) is 0 Å². The Balaban J connectivity index is 1.10. The fraction of sp³-hybridized carbons (Fsp3) is 0.0400. The van der Waals surface area contributed by atoms with Gasteiger partial charge in [0, 0.05) is 92.5 Å². The van der Waals surface area contributed by atoms with Crippen molar-refractivity contribution in [1.82, 2.24) is 0 Å². The number of nitrogens with zero attached hydrogens (tertiary/aromatic N) is 6. The third-order valence-corrected chi connectivity index (χ3v) is 16.1. The summed E-state index contributed by atoms with van der Waals surface area (Å²) >= 11 is 0. The van der Waals surface area contributed by atoms with Gasteiger partial charge in [-0.1, -0.05) is 109 Å². The summed E-state index contributed by atoms with van der Waals surface area (Å²) in [6, 6.07) is 101. The van der Waals surface area contributed by atoms with E-state index in [4.69, 9.17) is 9.47 Å². The van der Waals surface area contributed by atoms with Crippen LogP contribution in [-0.4, -0.2) is 24.1 Å². The van der Waals surface area contributed by atoms with Gasteiger partial charge in [0.25, 0.3) is 11.4 Å². The van der Waals surface area contributed by atoms with E-state index in [0.717, 1.165) is 90.3 Å². The van der Waals surface area contributed by atoms with E-state index in [1.807, 2.05) is 72.8 Å². The first kappa shape index (κ1) is 54.5. The molecule has 0 atom stereocenters. The number of nitro benzene ring substituents is 2. The van der Waals surface area contributed by atoms with Crippen molar-refractivity contribution >= 4 is 79.6 Å². The van der Waals surface area contributed by atoms with E-state index in [-0.39, 0.29) is 21.2 Å². The molecule has 12 aromatic rings. The van der Waals surface area contributed by atoms with Crippen LogP contribution in [0.5, 0.6) is 11.5 Å². The smallest absolute Gasteiger partial charge is 0.269 e. The highest BCUT2D eigenvalue weighted by Gasteiger charge is 2.47. The normalized spacial score (nSPS) is 11.8. The molecule has 0 heterocycles. The number of methoxy groups -OCH3 is 2. The lowest BCUT2D eigenvalue weighted by atomic mass is 9.67. The van der Waals surface area contributed by atoms with Gasteiger partial charge in [-0.25, -0.2) is 0 Å². The minimum absolute atomic E-state index is 0.0202. The lowest BCUT2D eigenvalue weighted by Gasteiger charge is -2.36. The van der Waals surface area contributed by atoms with Crippen LogP contribution in [0.25, 0.3) is 11.1 Å². The van der Waals surface area contributed by atoms with E-state index < -0.39 is 5.41 Å². The van der Waals surface area contributed by atoms with E-state index in [9.17, 15) is 20.2 Å². The van der Waals surface area contributed by atoms with Crippen LogP contribution in [0.1, 0.15) is 22.3 Å². The Labute approximate surface area is 504 Å².